The van der Waals surface area contributed by atoms with Gasteiger partial charge in [-0.25, -0.2) is 0 Å². The molecule has 0 aliphatic heterocycles. The van der Waals surface area contributed by atoms with Gasteiger partial charge in [-0.15, -0.1) is 0 Å². The molecular weight excluding hydrogens is 200 g/mol. The molecule has 0 unspecified atom stereocenters. The summed E-state index contributed by atoms with van der Waals surface area (Å²) in [7, 11) is 1.62. The summed E-state index contributed by atoms with van der Waals surface area (Å²) in [6, 6.07) is 0. The number of methoxy groups -OCH3 is 1. The highest BCUT2D eigenvalue weighted by Crippen LogP contribution is 1.92. The summed E-state index contributed by atoms with van der Waals surface area (Å²) in [5.41, 5.74) is 0. The molecule has 0 aliphatic rings. The molecule has 0 radical (unpaired) electrons. The van der Waals surface area contributed by atoms with E-state index in [9.17, 15) is 4.79 Å². The zero-order valence-corrected chi connectivity index (χ0v) is 9.58. The van der Waals surface area contributed by atoms with Crippen molar-refractivity contribution in [1.82, 2.24) is 10.6 Å². The van der Waals surface area contributed by atoms with E-state index in [1.54, 1.807) is 7.11 Å². The second-order valence-electron chi connectivity index (χ2n) is 2.90. The van der Waals surface area contributed by atoms with Crippen molar-refractivity contribution in [3.63, 3.8) is 0 Å². The number of carbonyl (C=O) groups excluding carboxylic acids is 1. The highest BCUT2D eigenvalue weighted by Gasteiger charge is 2.02. The van der Waals surface area contributed by atoms with E-state index in [0.717, 1.165) is 12.8 Å². The third-order valence-corrected chi connectivity index (χ3v) is 1.85. The van der Waals surface area contributed by atoms with Gasteiger partial charge >= 0.3 is 0 Å². The van der Waals surface area contributed by atoms with Crippen LogP contribution in [0.4, 0.5) is 0 Å². The Bertz CT molecular complexity index is 186. The third-order valence-electron chi connectivity index (χ3n) is 1.60. The topological polar surface area (TPSA) is 50.4 Å². The van der Waals surface area contributed by atoms with Crippen molar-refractivity contribution < 1.29 is 9.53 Å². The average molecular weight is 218 g/mol. The Labute approximate surface area is 90.4 Å². The molecule has 0 heterocycles. The standard InChI is InChI=1S/C9H18N2O2S/c1-3-4-5-8(12)11-9(14)10-6-7-13-2/h3-7H2,1-2H3,(H2,10,11,12,14). The summed E-state index contributed by atoms with van der Waals surface area (Å²) >= 11 is 4.90. The minimum Gasteiger partial charge on any atom is -0.383 e. The lowest BCUT2D eigenvalue weighted by Crippen LogP contribution is -2.40. The Hall–Kier alpha value is -0.680. The Morgan fingerprint density at radius 1 is 1.50 bits per heavy atom. The summed E-state index contributed by atoms with van der Waals surface area (Å²) in [5, 5.41) is 5.84. The van der Waals surface area contributed by atoms with Gasteiger partial charge in [-0.1, -0.05) is 13.3 Å². The van der Waals surface area contributed by atoms with Gasteiger partial charge in [-0.05, 0) is 18.6 Å². The number of rotatable bonds is 6. The lowest BCUT2D eigenvalue weighted by molar-refractivity contribution is -0.119. The fraction of sp³-hybridized carbons (Fsp3) is 0.778. The Morgan fingerprint density at radius 3 is 2.79 bits per heavy atom. The summed E-state index contributed by atoms with van der Waals surface area (Å²) in [6.07, 6.45) is 2.44. The predicted molar refractivity (Wildman–Crippen MR) is 60.1 cm³/mol. The van der Waals surface area contributed by atoms with E-state index in [1.165, 1.54) is 0 Å². The second-order valence-corrected chi connectivity index (χ2v) is 3.31. The van der Waals surface area contributed by atoms with Gasteiger partial charge in [0.2, 0.25) is 5.91 Å². The second kappa shape index (κ2) is 8.90. The molecule has 0 saturated heterocycles. The van der Waals surface area contributed by atoms with Gasteiger partial charge in [0, 0.05) is 20.1 Å². The lowest BCUT2D eigenvalue weighted by atomic mass is 10.2. The van der Waals surface area contributed by atoms with Gasteiger partial charge in [-0.2, -0.15) is 0 Å². The van der Waals surface area contributed by atoms with Crippen LogP contribution < -0.4 is 10.6 Å². The Morgan fingerprint density at radius 2 is 2.21 bits per heavy atom. The molecule has 5 heteroatoms. The van der Waals surface area contributed by atoms with Crippen molar-refractivity contribution in [3.8, 4) is 0 Å². The molecule has 0 aromatic carbocycles. The SMILES string of the molecule is CCCCC(=O)NC(=S)NCCOC. The van der Waals surface area contributed by atoms with Crippen molar-refractivity contribution in [2.75, 3.05) is 20.3 Å². The molecule has 0 aliphatic carbocycles. The van der Waals surface area contributed by atoms with Crippen LogP contribution in [0.25, 0.3) is 0 Å². The predicted octanol–water partition coefficient (Wildman–Crippen LogP) is 0.814. The first kappa shape index (κ1) is 13.3. The van der Waals surface area contributed by atoms with Crippen molar-refractivity contribution in [1.29, 1.82) is 0 Å². The highest BCUT2D eigenvalue weighted by molar-refractivity contribution is 7.80. The van der Waals surface area contributed by atoms with Crippen LogP contribution in [0.3, 0.4) is 0 Å². The maximum absolute atomic E-state index is 11.2. The molecule has 0 fully saturated rings. The normalized spacial score (nSPS) is 9.57. The van der Waals surface area contributed by atoms with E-state index in [2.05, 4.69) is 10.6 Å². The van der Waals surface area contributed by atoms with Gasteiger partial charge in [0.15, 0.2) is 5.11 Å². The first-order valence-corrected chi connectivity index (χ1v) is 5.18. The van der Waals surface area contributed by atoms with E-state index < -0.39 is 0 Å². The number of hydrogen-bond acceptors (Lipinski definition) is 3. The number of hydrogen-bond donors (Lipinski definition) is 2. The van der Waals surface area contributed by atoms with E-state index in [-0.39, 0.29) is 5.91 Å². The van der Waals surface area contributed by atoms with Crippen molar-refractivity contribution in [2.45, 2.75) is 26.2 Å². The molecule has 4 nitrogen and oxygen atoms in total. The number of carbonyl (C=O) groups is 1. The van der Waals surface area contributed by atoms with E-state index in [0.29, 0.717) is 24.7 Å². The number of amides is 1. The molecule has 2 N–H and O–H groups in total. The Balaban J connectivity index is 3.45. The number of nitrogens with one attached hydrogen (secondary N) is 2. The van der Waals surface area contributed by atoms with Crippen LogP contribution in [-0.4, -0.2) is 31.3 Å². The monoisotopic (exact) mass is 218 g/mol. The minimum absolute atomic E-state index is 0.0261. The summed E-state index contributed by atoms with van der Waals surface area (Å²) in [6.45, 7) is 3.23. The quantitative estimate of drug-likeness (QED) is 0.512. The third kappa shape index (κ3) is 7.94. The molecule has 0 aromatic rings. The number of thiocarbonyl (C=S) groups is 1. The van der Waals surface area contributed by atoms with Gasteiger partial charge < -0.3 is 15.4 Å². The fourth-order valence-electron chi connectivity index (χ4n) is 0.837. The molecule has 1 amide bonds. The summed E-state index contributed by atoms with van der Waals surface area (Å²) < 4.78 is 4.83. The van der Waals surface area contributed by atoms with Gasteiger partial charge in [0.25, 0.3) is 0 Å². The van der Waals surface area contributed by atoms with Gasteiger partial charge in [-0.3, -0.25) is 4.79 Å². The van der Waals surface area contributed by atoms with E-state index in [1.807, 2.05) is 6.92 Å². The Kier molecular flexibility index (Phi) is 8.47. The van der Waals surface area contributed by atoms with Crippen LogP contribution in [-0.2, 0) is 9.53 Å². The van der Waals surface area contributed by atoms with E-state index >= 15 is 0 Å². The van der Waals surface area contributed by atoms with E-state index in [4.69, 9.17) is 17.0 Å². The first-order valence-electron chi connectivity index (χ1n) is 4.77. The highest BCUT2D eigenvalue weighted by atomic mass is 32.1. The maximum Gasteiger partial charge on any atom is 0.226 e. The van der Waals surface area contributed by atoms with Gasteiger partial charge in [0.1, 0.15) is 0 Å². The minimum atomic E-state index is -0.0261. The molecule has 0 bridgehead atoms. The summed E-state index contributed by atoms with van der Waals surface area (Å²) in [4.78, 5) is 11.2. The molecule has 14 heavy (non-hydrogen) atoms. The molecule has 0 saturated carbocycles. The van der Waals surface area contributed by atoms with Crippen LogP contribution in [0.5, 0.6) is 0 Å². The molecule has 0 aromatic heterocycles. The van der Waals surface area contributed by atoms with Crippen LogP contribution in [0, 0.1) is 0 Å². The number of unbranched alkanes of at least 4 members (excludes halogenated alkanes) is 1. The van der Waals surface area contributed by atoms with Gasteiger partial charge in [0.05, 0.1) is 6.61 Å². The molecular formula is C9H18N2O2S. The zero-order chi connectivity index (χ0) is 10.8. The molecule has 0 atom stereocenters. The smallest absolute Gasteiger partial charge is 0.226 e. The van der Waals surface area contributed by atoms with Crippen LogP contribution >= 0.6 is 12.2 Å². The van der Waals surface area contributed by atoms with Crippen LogP contribution in [0.15, 0.2) is 0 Å². The molecule has 0 spiro atoms. The average Bonchev–Trinajstić information content (AvgIpc) is 2.15. The fourth-order valence-corrected chi connectivity index (χ4v) is 1.05. The van der Waals surface area contributed by atoms with Crippen LogP contribution in [0.2, 0.25) is 0 Å². The molecule has 82 valence electrons. The largest absolute Gasteiger partial charge is 0.383 e. The maximum atomic E-state index is 11.2. The summed E-state index contributed by atoms with van der Waals surface area (Å²) in [5.74, 6) is -0.0261. The first-order chi connectivity index (χ1) is 6.70. The lowest BCUT2D eigenvalue weighted by Gasteiger charge is -2.08. The zero-order valence-electron chi connectivity index (χ0n) is 8.76. The van der Waals surface area contributed by atoms with Crippen molar-refractivity contribution in [2.24, 2.45) is 0 Å². The van der Waals surface area contributed by atoms with Crippen molar-refractivity contribution in [3.05, 3.63) is 0 Å². The molecule has 0 rings (SSSR count). The number of ether oxygens (including phenoxy) is 1. The van der Waals surface area contributed by atoms with Crippen molar-refractivity contribution >= 4 is 23.2 Å². The van der Waals surface area contributed by atoms with Crippen LogP contribution in [0.1, 0.15) is 26.2 Å².